The van der Waals surface area contributed by atoms with Gasteiger partial charge in [-0.05, 0) is 13.8 Å². The van der Waals surface area contributed by atoms with Crippen LogP contribution >= 0.6 is 11.6 Å². The van der Waals surface area contributed by atoms with E-state index >= 15 is 0 Å². The Morgan fingerprint density at radius 3 is 2.85 bits per heavy atom. The molecule has 1 atom stereocenters. The highest BCUT2D eigenvalue weighted by atomic mass is 35.5. The van der Waals surface area contributed by atoms with Crippen LogP contribution in [0.15, 0.2) is 6.20 Å². The summed E-state index contributed by atoms with van der Waals surface area (Å²) in [6, 6.07) is -0.210. The highest BCUT2D eigenvalue weighted by molar-refractivity contribution is 6.30. The number of hydrogen-bond acceptors (Lipinski definition) is 2. The number of carboxylic acid groups (broad SMARTS) is 1. The number of carboxylic acids is 1. The van der Waals surface area contributed by atoms with Crippen LogP contribution in [0, 0.1) is 6.92 Å². The van der Waals surface area contributed by atoms with Gasteiger partial charge in [0.25, 0.3) is 0 Å². The lowest BCUT2D eigenvalue weighted by Crippen LogP contribution is -2.11. The second kappa shape index (κ2) is 3.79. The van der Waals surface area contributed by atoms with Crippen LogP contribution in [0.5, 0.6) is 0 Å². The minimum absolute atomic E-state index is 0.0286. The van der Waals surface area contributed by atoms with Gasteiger partial charge in [0.2, 0.25) is 0 Å². The third-order valence-corrected chi connectivity index (χ3v) is 2.26. The Bertz CT molecular complexity index is 322. The molecule has 13 heavy (non-hydrogen) atoms. The molecule has 0 spiro atoms. The van der Waals surface area contributed by atoms with E-state index in [1.54, 1.807) is 13.1 Å². The second-order valence-electron chi connectivity index (χ2n) is 3.01. The number of nitrogens with zero attached hydrogens (tertiary/aromatic N) is 2. The Labute approximate surface area is 81.1 Å². The fraction of sp³-hybridized carbons (Fsp3) is 0.500. The van der Waals surface area contributed by atoms with Gasteiger partial charge in [-0.3, -0.25) is 9.48 Å². The first-order valence-corrected chi connectivity index (χ1v) is 4.31. The largest absolute Gasteiger partial charge is 0.481 e. The minimum atomic E-state index is -0.850. The van der Waals surface area contributed by atoms with E-state index in [1.165, 1.54) is 4.68 Å². The lowest BCUT2D eigenvalue weighted by atomic mass is 10.2. The zero-order valence-corrected chi connectivity index (χ0v) is 8.25. The van der Waals surface area contributed by atoms with Crippen molar-refractivity contribution in [1.29, 1.82) is 0 Å². The summed E-state index contributed by atoms with van der Waals surface area (Å²) < 4.78 is 1.52. The maximum absolute atomic E-state index is 10.4. The average Bonchev–Trinajstić information content (AvgIpc) is 2.31. The molecule has 0 aliphatic heterocycles. The lowest BCUT2D eigenvalue weighted by Gasteiger charge is -2.10. The van der Waals surface area contributed by atoms with Crippen molar-refractivity contribution >= 4 is 17.6 Å². The van der Waals surface area contributed by atoms with E-state index in [4.69, 9.17) is 16.7 Å². The summed E-state index contributed by atoms with van der Waals surface area (Å²) in [5.41, 5.74) is 0.860. The highest BCUT2D eigenvalue weighted by Gasteiger charge is 2.14. The zero-order valence-electron chi connectivity index (χ0n) is 7.49. The maximum Gasteiger partial charge on any atom is 0.305 e. The van der Waals surface area contributed by atoms with Crippen LogP contribution in [0.2, 0.25) is 5.15 Å². The number of aliphatic carboxylic acids is 1. The van der Waals surface area contributed by atoms with Crippen LogP contribution in [0.4, 0.5) is 0 Å². The first-order chi connectivity index (χ1) is 6.02. The van der Waals surface area contributed by atoms with Crippen molar-refractivity contribution in [3.8, 4) is 0 Å². The van der Waals surface area contributed by atoms with Gasteiger partial charge in [-0.25, -0.2) is 0 Å². The van der Waals surface area contributed by atoms with Crippen molar-refractivity contribution in [2.24, 2.45) is 0 Å². The van der Waals surface area contributed by atoms with E-state index in [2.05, 4.69) is 5.10 Å². The molecule has 0 radical (unpaired) electrons. The Morgan fingerprint density at radius 1 is 1.85 bits per heavy atom. The van der Waals surface area contributed by atoms with E-state index in [0.717, 1.165) is 5.56 Å². The molecule has 1 N–H and O–H groups in total. The standard InChI is InChI=1S/C8H11ClN2O2/c1-5-4-10-11(8(5)9)6(2)3-7(12)13/h4,6H,3H2,1-2H3,(H,12,13). The van der Waals surface area contributed by atoms with E-state index in [0.29, 0.717) is 5.15 Å². The molecule has 0 fully saturated rings. The highest BCUT2D eigenvalue weighted by Crippen LogP contribution is 2.20. The van der Waals surface area contributed by atoms with Crippen molar-refractivity contribution in [2.45, 2.75) is 26.3 Å². The molecule has 1 aromatic heterocycles. The lowest BCUT2D eigenvalue weighted by molar-refractivity contribution is -0.137. The number of halogens is 1. The normalized spacial score (nSPS) is 12.8. The SMILES string of the molecule is Cc1cnn(C(C)CC(=O)O)c1Cl. The minimum Gasteiger partial charge on any atom is -0.481 e. The van der Waals surface area contributed by atoms with Gasteiger partial charge in [-0.1, -0.05) is 11.6 Å². The Morgan fingerprint density at radius 2 is 2.46 bits per heavy atom. The van der Waals surface area contributed by atoms with Crippen molar-refractivity contribution in [3.05, 3.63) is 16.9 Å². The van der Waals surface area contributed by atoms with Gasteiger partial charge in [0.15, 0.2) is 0 Å². The fourth-order valence-electron chi connectivity index (χ4n) is 1.08. The molecule has 0 aliphatic rings. The first kappa shape index (κ1) is 10.1. The van der Waals surface area contributed by atoms with Gasteiger partial charge >= 0.3 is 5.97 Å². The third-order valence-electron chi connectivity index (χ3n) is 1.79. The third kappa shape index (κ3) is 2.21. The average molecular weight is 203 g/mol. The molecular weight excluding hydrogens is 192 g/mol. The molecular formula is C8H11ClN2O2. The topological polar surface area (TPSA) is 55.1 Å². The molecule has 0 bridgehead atoms. The number of hydrogen-bond donors (Lipinski definition) is 1. The molecule has 0 saturated carbocycles. The molecule has 0 amide bonds. The van der Waals surface area contributed by atoms with E-state index in [-0.39, 0.29) is 12.5 Å². The molecule has 0 aromatic carbocycles. The van der Waals surface area contributed by atoms with Gasteiger partial charge < -0.3 is 5.11 Å². The monoisotopic (exact) mass is 202 g/mol. The summed E-state index contributed by atoms with van der Waals surface area (Å²) in [6.07, 6.45) is 1.65. The van der Waals surface area contributed by atoms with Gasteiger partial charge in [0.05, 0.1) is 18.7 Å². The van der Waals surface area contributed by atoms with Crippen LogP contribution in [0.3, 0.4) is 0 Å². The van der Waals surface area contributed by atoms with Crippen LogP contribution in [-0.4, -0.2) is 20.9 Å². The predicted octanol–water partition coefficient (Wildman–Crippen LogP) is 1.88. The van der Waals surface area contributed by atoms with Crippen LogP contribution in [-0.2, 0) is 4.79 Å². The van der Waals surface area contributed by atoms with Gasteiger partial charge in [0, 0.05) is 5.56 Å². The van der Waals surface area contributed by atoms with Crippen molar-refractivity contribution in [2.75, 3.05) is 0 Å². The summed E-state index contributed by atoms with van der Waals surface area (Å²) >= 11 is 5.89. The summed E-state index contributed by atoms with van der Waals surface area (Å²) in [7, 11) is 0. The molecule has 1 unspecified atom stereocenters. The summed E-state index contributed by atoms with van der Waals surface area (Å²) in [5, 5.41) is 13.1. The van der Waals surface area contributed by atoms with Gasteiger partial charge in [-0.2, -0.15) is 5.10 Å². The van der Waals surface area contributed by atoms with E-state index in [1.807, 2.05) is 6.92 Å². The number of carbonyl (C=O) groups is 1. The Hall–Kier alpha value is -1.03. The smallest absolute Gasteiger partial charge is 0.305 e. The van der Waals surface area contributed by atoms with Crippen molar-refractivity contribution < 1.29 is 9.90 Å². The van der Waals surface area contributed by atoms with Gasteiger partial charge in [-0.15, -0.1) is 0 Å². The van der Waals surface area contributed by atoms with E-state index in [9.17, 15) is 4.79 Å². The maximum atomic E-state index is 10.4. The first-order valence-electron chi connectivity index (χ1n) is 3.93. The molecule has 1 heterocycles. The van der Waals surface area contributed by atoms with E-state index < -0.39 is 5.97 Å². The second-order valence-corrected chi connectivity index (χ2v) is 3.37. The van der Waals surface area contributed by atoms with Gasteiger partial charge in [0.1, 0.15) is 5.15 Å². The number of aromatic nitrogens is 2. The summed E-state index contributed by atoms with van der Waals surface area (Å²) in [5.74, 6) is -0.850. The predicted molar refractivity (Wildman–Crippen MR) is 48.9 cm³/mol. The molecule has 0 saturated heterocycles. The molecule has 0 aliphatic carbocycles. The molecule has 1 rings (SSSR count). The molecule has 1 aromatic rings. The zero-order chi connectivity index (χ0) is 10.0. The quantitative estimate of drug-likeness (QED) is 0.814. The number of aryl methyl sites for hydroxylation is 1. The molecule has 5 heteroatoms. The Kier molecular flexibility index (Phi) is 2.93. The Balaban J connectivity index is 2.82. The van der Waals surface area contributed by atoms with Crippen LogP contribution < -0.4 is 0 Å². The summed E-state index contributed by atoms with van der Waals surface area (Å²) in [4.78, 5) is 10.4. The van der Waals surface area contributed by atoms with Crippen LogP contribution in [0.1, 0.15) is 24.9 Å². The van der Waals surface area contributed by atoms with Crippen molar-refractivity contribution in [3.63, 3.8) is 0 Å². The van der Waals surface area contributed by atoms with Crippen LogP contribution in [0.25, 0.3) is 0 Å². The molecule has 72 valence electrons. The fourth-order valence-corrected chi connectivity index (χ4v) is 1.34. The number of rotatable bonds is 3. The summed E-state index contributed by atoms with van der Waals surface area (Å²) in [6.45, 7) is 3.60. The van der Waals surface area contributed by atoms with Crippen molar-refractivity contribution in [1.82, 2.24) is 9.78 Å². The molecule has 4 nitrogen and oxygen atoms in total.